The molecule has 0 bridgehead atoms. The van der Waals surface area contributed by atoms with Gasteiger partial charge in [-0.1, -0.05) is 17.7 Å². The molecule has 1 heterocycles. The van der Waals surface area contributed by atoms with Crippen LogP contribution in [0.15, 0.2) is 24.4 Å². The molecule has 0 amide bonds. The molecule has 2 N–H and O–H groups in total. The van der Waals surface area contributed by atoms with Gasteiger partial charge in [0.15, 0.2) is 0 Å². The Labute approximate surface area is 78.9 Å². The van der Waals surface area contributed by atoms with Crippen LogP contribution in [0, 0.1) is 0 Å². The number of H-pyrrole nitrogens is 1. The van der Waals surface area contributed by atoms with E-state index in [1.807, 2.05) is 0 Å². The van der Waals surface area contributed by atoms with Gasteiger partial charge in [0, 0.05) is 17.1 Å². The van der Waals surface area contributed by atoms with E-state index in [-0.39, 0.29) is 5.56 Å². The monoisotopic (exact) mass is 195 g/mol. The molecule has 66 valence electrons. The highest BCUT2D eigenvalue weighted by atomic mass is 35.5. The first kappa shape index (κ1) is 8.13. The predicted octanol–water partition coefficient (Wildman–Crippen LogP) is 2.52. The maximum atomic E-state index is 10.8. The highest BCUT2D eigenvalue weighted by Gasteiger charge is 2.11. The van der Waals surface area contributed by atoms with E-state index in [1.165, 1.54) is 6.07 Å². The van der Waals surface area contributed by atoms with E-state index in [2.05, 4.69) is 4.98 Å². The van der Waals surface area contributed by atoms with Crippen LogP contribution in [-0.2, 0) is 0 Å². The van der Waals surface area contributed by atoms with Crippen molar-refractivity contribution in [3.05, 3.63) is 35.0 Å². The molecular formula is C9H6ClNO2. The van der Waals surface area contributed by atoms with Gasteiger partial charge in [0.1, 0.15) is 0 Å². The predicted molar refractivity (Wildman–Crippen MR) is 50.3 cm³/mol. The summed E-state index contributed by atoms with van der Waals surface area (Å²) in [6.45, 7) is 0. The van der Waals surface area contributed by atoms with Gasteiger partial charge in [-0.15, -0.1) is 0 Å². The first-order chi connectivity index (χ1) is 6.20. The molecule has 0 unspecified atom stereocenters. The number of carboxylic acids is 1. The van der Waals surface area contributed by atoms with E-state index in [0.29, 0.717) is 10.4 Å². The minimum atomic E-state index is -0.966. The van der Waals surface area contributed by atoms with Gasteiger partial charge in [-0.3, -0.25) is 0 Å². The van der Waals surface area contributed by atoms with E-state index in [0.717, 1.165) is 5.52 Å². The number of hydrogen-bond acceptors (Lipinski definition) is 1. The van der Waals surface area contributed by atoms with Crippen LogP contribution in [0.5, 0.6) is 0 Å². The van der Waals surface area contributed by atoms with Gasteiger partial charge in [0.2, 0.25) is 0 Å². The summed E-state index contributed by atoms with van der Waals surface area (Å²) >= 11 is 5.83. The third-order valence-electron chi connectivity index (χ3n) is 1.89. The van der Waals surface area contributed by atoms with Crippen molar-refractivity contribution in [2.24, 2.45) is 0 Å². The van der Waals surface area contributed by atoms with Gasteiger partial charge >= 0.3 is 5.97 Å². The van der Waals surface area contributed by atoms with Crippen LogP contribution in [0.2, 0.25) is 5.02 Å². The van der Waals surface area contributed by atoms with Gasteiger partial charge in [-0.2, -0.15) is 0 Å². The first-order valence-corrected chi connectivity index (χ1v) is 4.07. The number of carbonyl (C=O) groups is 1. The average Bonchev–Trinajstić information content (AvgIpc) is 2.48. The fourth-order valence-electron chi connectivity index (χ4n) is 1.32. The van der Waals surface area contributed by atoms with E-state index < -0.39 is 5.97 Å². The summed E-state index contributed by atoms with van der Waals surface area (Å²) < 4.78 is 0. The number of halogens is 1. The van der Waals surface area contributed by atoms with E-state index in [1.54, 1.807) is 18.3 Å². The molecule has 0 aliphatic heterocycles. The number of aromatic carboxylic acids is 1. The Morgan fingerprint density at radius 1 is 1.46 bits per heavy atom. The third-order valence-corrected chi connectivity index (χ3v) is 2.19. The van der Waals surface area contributed by atoms with Crippen molar-refractivity contribution < 1.29 is 9.90 Å². The zero-order valence-corrected chi connectivity index (χ0v) is 7.30. The normalized spacial score (nSPS) is 10.5. The first-order valence-electron chi connectivity index (χ1n) is 3.69. The van der Waals surface area contributed by atoms with Crippen LogP contribution in [0.25, 0.3) is 10.9 Å². The molecule has 0 aliphatic rings. The number of rotatable bonds is 1. The molecule has 0 radical (unpaired) electrons. The second-order valence-electron chi connectivity index (χ2n) is 2.67. The van der Waals surface area contributed by atoms with Gasteiger partial charge in [0.25, 0.3) is 0 Å². The molecule has 0 fully saturated rings. The van der Waals surface area contributed by atoms with E-state index in [9.17, 15) is 4.79 Å². The lowest BCUT2D eigenvalue weighted by Crippen LogP contribution is -1.96. The Hall–Kier alpha value is -1.48. The highest BCUT2D eigenvalue weighted by Crippen LogP contribution is 2.26. The van der Waals surface area contributed by atoms with E-state index in [4.69, 9.17) is 16.7 Å². The zero-order chi connectivity index (χ0) is 9.42. The Morgan fingerprint density at radius 2 is 2.23 bits per heavy atom. The molecular weight excluding hydrogens is 190 g/mol. The molecule has 2 rings (SSSR count). The number of aromatic nitrogens is 1. The number of aromatic amines is 1. The standard InChI is InChI=1S/C9H6ClNO2/c10-6-4-11-7-3-1-2-5(8(6)7)9(12)13/h1-4,11H,(H,12,13). The summed E-state index contributed by atoms with van der Waals surface area (Å²) in [5.74, 6) is -0.966. The van der Waals surface area contributed by atoms with Crippen molar-refractivity contribution in [2.45, 2.75) is 0 Å². The van der Waals surface area contributed by atoms with Crippen molar-refractivity contribution in [3.63, 3.8) is 0 Å². The van der Waals surface area contributed by atoms with Crippen molar-refractivity contribution >= 4 is 28.5 Å². The summed E-state index contributed by atoms with van der Waals surface area (Å²) in [5, 5.41) is 9.86. The molecule has 0 saturated carbocycles. The zero-order valence-electron chi connectivity index (χ0n) is 6.54. The second kappa shape index (κ2) is 2.78. The quantitative estimate of drug-likeness (QED) is 0.735. The van der Waals surface area contributed by atoms with Crippen molar-refractivity contribution in [1.82, 2.24) is 4.98 Å². The summed E-state index contributed by atoms with van der Waals surface area (Å²) in [6, 6.07) is 5.00. The Bertz CT molecular complexity index is 475. The number of fused-ring (bicyclic) bond motifs is 1. The molecule has 0 aliphatic carbocycles. The Balaban J connectivity index is 2.88. The largest absolute Gasteiger partial charge is 0.478 e. The summed E-state index contributed by atoms with van der Waals surface area (Å²) in [7, 11) is 0. The smallest absolute Gasteiger partial charge is 0.336 e. The van der Waals surface area contributed by atoms with Crippen LogP contribution in [0.4, 0.5) is 0 Å². The van der Waals surface area contributed by atoms with Crippen molar-refractivity contribution in [3.8, 4) is 0 Å². The van der Waals surface area contributed by atoms with Gasteiger partial charge < -0.3 is 10.1 Å². The van der Waals surface area contributed by atoms with Gasteiger partial charge in [0.05, 0.1) is 10.6 Å². The molecule has 2 aromatic rings. The molecule has 13 heavy (non-hydrogen) atoms. The minimum absolute atomic E-state index is 0.226. The van der Waals surface area contributed by atoms with Crippen LogP contribution >= 0.6 is 11.6 Å². The highest BCUT2D eigenvalue weighted by molar-refractivity contribution is 6.36. The van der Waals surface area contributed by atoms with Crippen LogP contribution < -0.4 is 0 Å². The van der Waals surface area contributed by atoms with E-state index >= 15 is 0 Å². The van der Waals surface area contributed by atoms with Crippen molar-refractivity contribution in [1.29, 1.82) is 0 Å². The number of nitrogens with one attached hydrogen (secondary N) is 1. The maximum Gasteiger partial charge on any atom is 0.336 e. The number of benzene rings is 1. The fraction of sp³-hybridized carbons (Fsp3) is 0. The van der Waals surface area contributed by atoms with Crippen LogP contribution in [0.1, 0.15) is 10.4 Å². The molecule has 3 nitrogen and oxygen atoms in total. The summed E-state index contributed by atoms with van der Waals surface area (Å²) in [5.41, 5.74) is 0.966. The minimum Gasteiger partial charge on any atom is -0.478 e. The van der Waals surface area contributed by atoms with Crippen molar-refractivity contribution in [2.75, 3.05) is 0 Å². The summed E-state index contributed by atoms with van der Waals surface area (Å²) in [6.07, 6.45) is 1.58. The fourth-order valence-corrected chi connectivity index (χ4v) is 1.58. The lowest BCUT2D eigenvalue weighted by Gasteiger charge is -1.96. The maximum absolute atomic E-state index is 10.8. The average molecular weight is 196 g/mol. The second-order valence-corrected chi connectivity index (χ2v) is 3.08. The van der Waals surface area contributed by atoms with Gasteiger partial charge in [-0.05, 0) is 12.1 Å². The third kappa shape index (κ3) is 1.17. The van der Waals surface area contributed by atoms with Gasteiger partial charge in [-0.25, -0.2) is 4.79 Å². The number of hydrogen-bond donors (Lipinski definition) is 2. The lowest BCUT2D eigenvalue weighted by molar-refractivity contribution is 0.0699. The van der Waals surface area contributed by atoms with Crippen LogP contribution in [-0.4, -0.2) is 16.1 Å². The Kier molecular flexibility index (Phi) is 1.74. The SMILES string of the molecule is O=C(O)c1cccc2[nH]cc(Cl)c12. The molecule has 1 aromatic heterocycles. The molecule has 0 saturated heterocycles. The summed E-state index contributed by atoms with van der Waals surface area (Å²) in [4.78, 5) is 13.7. The lowest BCUT2D eigenvalue weighted by atomic mass is 10.1. The topological polar surface area (TPSA) is 53.1 Å². The molecule has 0 spiro atoms. The Morgan fingerprint density at radius 3 is 2.92 bits per heavy atom. The number of carboxylic acid groups (broad SMARTS) is 1. The molecule has 4 heteroatoms. The molecule has 1 aromatic carbocycles. The van der Waals surface area contributed by atoms with Crippen LogP contribution in [0.3, 0.4) is 0 Å². The molecule has 0 atom stereocenters.